The molecule has 0 bridgehead atoms. The standard InChI is InChI=1S/C13H21NO5S/c1-10(2)14(7-8-15)20(16,17)13-6-5-11(18-3)9-12(13)19-4/h5-6,9-10,15H,7-8H2,1-4H3. The molecule has 0 atom stereocenters. The summed E-state index contributed by atoms with van der Waals surface area (Å²) >= 11 is 0. The predicted octanol–water partition coefficient (Wildman–Crippen LogP) is 1.10. The van der Waals surface area contributed by atoms with Gasteiger partial charge in [-0.2, -0.15) is 4.31 Å². The Labute approximate surface area is 120 Å². The highest BCUT2D eigenvalue weighted by molar-refractivity contribution is 7.89. The van der Waals surface area contributed by atoms with Crippen LogP contribution in [0.4, 0.5) is 0 Å². The number of nitrogens with zero attached hydrogens (tertiary/aromatic N) is 1. The first-order valence-corrected chi connectivity index (χ1v) is 7.67. The number of rotatable bonds is 7. The first-order valence-electron chi connectivity index (χ1n) is 6.23. The summed E-state index contributed by atoms with van der Waals surface area (Å²) in [6.07, 6.45) is 0. The number of aliphatic hydroxyl groups is 1. The number of hydrogen-bond donors (Lipinski definition) is 1. The van der Waals surface area contributed by atoms with Crippen LogP contribution in [0.25, 0.3) is 0 Å². The van der Waals surface area contributed by atoms with Crippen LogP contribution in [0.1, 0.15) is 13.8 Å². The molecule has 0 aromatic heterocycles. The van der Waals surface area contributed by atoms with E-state index < -0.39 is 10.0 Å². The predicted molar refractivity (Wildman–Crippen MR) is 75.7 cm³/mol. The molecule has 0 amide bonds. The third kappa shape index (κ3) is 3.41. The Morgan fingerprint density at radius 1 is 1.25 bits per heavy atom. The molecule has 0 fully saturated rings. The van der Waals surface area contributed by atoms with E-state index in [0.29, 0.717) is 5.75 Å². The van der Waals surface area contributed by atoms with Crippen LogP contribution in [0, 0.1) is 0 Å². The van der Waals surface area contributed by atoms with Gasteiger partial charge in [0.25, 0.3) is 0 Å². The molecule has 0 saturated carbocycles. The van der Waals surface area contributed by atoms with Crippen LogP contribution in [-0.2, 0) is 10.0 Å². The molecule has 1 N–H and O–H groups in total. The fourth-order valence-corrected chi connectivity index (χ4v) is 3.64. The molecule has 7 heteroatoms. The zero-order valence-corrected chi connectivity index (χ0v) is 13.0. The molecule has 0 saturated heterocycles. The number of hydrogen-bond acceptors (Lipinski definition) is 5. The minimum Gasteiger partial charge on any atom is -0.497 e. The van der Waals surface area contributed by atoms with Gasteiger partial charge in [-0.15, -0.1) is 0 Å². The molecular weight excluding hydrogens is 282 g/mol. The number of aliphatic hydroxyl groups excluding tert-OH is 1. The monoisotopic (exact) mass is 303 g/mol. The Kier molecular flexibility index (Phi) is 5.79. The largest absolute Gasteiger partial charge is 0.497 e. The smallest absolute Gasteiger partial charge is 0.247 e. The van der Waals surface area contributed by atoms with Gasteiger partial charge in [0.2, 0.25) is 10.0 Å². The van der Waals surface area contributed by atoms with Crippen molar-refractivity contribution >= 4 is 10.0 Å². The lowest BCUT2D eigenvalue weighted by molar-refractivity contribution is 0.236. The Morgan fingerprint density at radius 3 is 2.35 bits per heavy atom. The Bertz CT molecular complexity index is 542. The highest BCUT2D eigenvalue weighted by Gasteiger charge is 2.29. The summed E-state index contributed by atoms with van der Waals surface area (Å²) in [6.45, 7) is 3.30. The van der Waals surface area contributed by atoms with Crippen LogP contribution in [0.5, 0.6) is 11.5 Å². The van der Waals surface area contributed by atoms with Gasteiger partial charge in [0.1, 0.15) is 16.4 Å². The van der Waals surface area contributed by atoms with E-state index in [1.54, 1.807) is 19.9 Å². The van der Waals surface area contributed by atoms with Crippen molar-refractivity contribution in [2.75, 3.05) is 27.4 Å². The third-order valence-corrected chi connectivity index (χ3v) is 4.97. The second-order valence-corrected chi connectivity index (χ2v) is 6.31. The fraction of sp³-hybridized carbons (Fsp3) is 0.538. The van der Waals surface area contributed by atoms with Gasteiger partial charge in [-0.3, -0.25) is 0 Å². The summed E-state index contributed by atoms with van der Waals surface area (Å²) in [6, 6.07) is 4.26. The summed E-state index contributed by atoms with van der Waals surface area (Å²) in [5, 5.41) is 9.05. The number of ether oxygens (including phenoxy) is 2. The molecule has 0 aliphatic rings. The molecule has 0 radical (unpaired) electrons. The summed E-state index contributed by atoms with van der Waals surface area (Å²) < 4.78 is 36.7. The van der Waals surface area contributed by atoms with Gasteiger partial charge in [0.05, 0.1) is 20.8 Å². The van der Waals surface area contributed by atoms with Crippen molar-refractivity contribution in [1.29, 1.82) is 0 Å². The molecule has 1 aromatic rings. The van der Waals surface area contributed by atoms with E-state index in [1.165, 1.54) is 30.7 Å². The van der Waals surface area contributed by atoms with E-state index >= 15 is 0 Å². The average molecular weight is 303 g/mol. The van der Waals surface area contributed by atoms with E-state index in [2.05, 4.69) is 0 Å². The maximum absolute atomic E-state index is 12.6. The SMILES string of the molecule is COc1ccc(S(=O)(=O)N(CCO)C(C)C)c(OC)c1. The van der Waals surface area contributed by atoms with E-state index in [9.17, 15) is 8.42 Å². The van der Waals surface area contributed by atoms with E-state index in [0.717, 1.165) is 0 Å². The van der Waals surface area contributed by atoms with Crippen molar-refractivity contribution in [2.45, 2.75) is 24.8 Å². The fourth-order valence-electron chi connectivity index (χ4n) is 1.87. The van der Waals surface area contributed by atoms with Crippen LogP contribution in [-0.4, -0.2) is 51.2 Å². The number of methoxy groups -OCH3 is 2. The molecule has 0 unspecified atom stereocenters. The molecule has 1 rings (SSSR count). The van der Waals surface area contributed by atoms with Gasteiger partial charge >= 0.3 is 0 Å². The molecule has 20 heavy (non-hydrogen) atoms. The minimum absolute atomic E-state index is 0.0369. The van der Waals surface area contributed by atoms with Crippen molar-refractivity contribution in [2.24, 2.45) is 0 Å². The van der Waals surface area contributed by atoms with Crippen LogP contribution in [0.2, 0.25) is 0 Å². The van der Waals surface area contributed by atoms with Gasteiger partial charge in [0, 0.05) is 18.7 Å². The molecular formula is C13H21NO5S. The van der Waals surface area contributed by atoms with Crippen molar-refractivity contribution in [3.63, 3.8) is 0 Å². The second kappa shape index (κ2) is 6.92. The molecule has 1 aromatic carbocycles. The molecule has 0 aliphatic carbocycles. The zero-order valence-electron chi connectivity index (χ0n) is 12.2. The van der Waals surface area contributed by atoms with Crippen molar-refractivity contribution in [1.82, 2.24) is 4.31 Å². The first-order chi connectivity index (χ1) is 9.38. The third-order valence-electron chi connectivity index (χ3n) is 2.85. The normalized spacial score (nSPS) is 11.9. The van der Waals surface area contributed by atoms with E-state index in [-0.39, 0.29) is 29.8 Å². The Hall–Kier alpha value is -1.31. The molecule has 0 heterocycles. The zero-order chi connectivity index (χ0) is 15.3. The number of benzene rings is 1. The van der Waals surface area contributed by atoms with Crippen LogP contribution < -0.4 is 9.47 Å². The van der Waals surface area contributed by atoms with Crippen molar-refractivity contribution < 1.29 is 23.0 Å². The van der Waals surface area contributed by atoms with E-state index in [4.69, 9.17) is 14.6 Å². The molecule has 6 nitrogen and oxygen atoms in total. The maximum atomic E-state index is 12.6. The Balaban J connectivity index is 3.33. The lowest BCUT2D eigenvalue weighted by Crippen LogP contribution is -2.39. The number of sulfonamides is 1. The van der Waals surface area contributed by atoms with E-state index in [1.807, 2.05) is 0 Å². The van der Waals surface area contributed by atoms with Crippen molar-refractivity contribution in [3.8, 4) is 11.5 Å². The van der Waals surface area contributed by atoms with Crippen LogP contribution in [0.3, 0.4) is 0 Å². The second-order valence-electron chi connectivity index (χ2n) is 4.45. The van der Waals surface area contributed by atoms with Gasteiger partial charge < -0.3 is 14.6 Å². The summed E-state index contributed by atoms with van der Waals surface area (Å²) in [5.74, 6) is 0.729. The molecule has 114 valence electrons. The Morgan fingerprint density at radius 2 is 1.90 bits per heavy atom. The van der Waals surface area contributed by atoms with Gasteiger partial charge in [-0.25, -0.2) is 8.42 Å². The minimum atomic E-state index is -3.74. The summed E-state index contributed by atoms with van der Waals surface area (Å²) in [4.78, 5) is 0.0583. The first kappa shape index (κ1) is 16.7. The lowest BCUT2D eigenvalue weighted by Gasteiger charge is -2.26. The quantitative estimate of drug-likeness (QED) is 0.816. The maximum Gasteiger partial charge on any atom is 0.247 e. The van der Waals surface area contributed by atoms with Crippen LogP contribution in [0.15, 0.2) is 23.1 Å². The summed E-state index contributed by atoms with van der Waals surface area (Å²) in [7, 11) is -0.840. The topological polar surface area (TPSA) is 76.1 Å². The lowest BCUT2D eigenvalue weighted by atomic mass is 10.3. The molecule has 0 spiro atoms. The van der Waals surface area contributed by atoms with Crippen molar-refractivity contribution in [3.05, 3.63) is 18.2 Å². The highest BCUT2D eigenvalue weighted by Crippen LogP contribution is 2.31. The average Bonchev–Trinajstić information content (AvgIpc) is 2.43. The van der Waals surface area contributed by atoms with Gasteiger partial charge in [-0.05, 0) is 26.0 Å². The summed E-state index contributed by atoms with van der Waals surface area (Å²) in [5.41, 5.74) is 0. The molecule has 0 aliphatic heterocycles. The van der Waals surface area contributed by atoms with Gasteiger partial charge in [-0.1, -0.05) is 0 Å². The van der Waals surface area contributed by atoms with Crippen LogP contribution >= 0.6 is 0 Å². The van der Waals surface area contributed by atoms with Gasteiger partial charge in [0.15, 0.2) is 0 Å². The highest BCUT2D eigenvalue weighted by atomic mass is 32.2.